The number of aryl methyl sites for hydroxylation is 1. The molecule has 24 heavy (non-hydrogen) atoms. The first-order chi connectivity index (χ1) is 11.5. The molecule has 0 heterocycles. The van der Waals surface area contributed by atoms with Gasteiger partial charge in [-0.15, -0.1) is 0 Å². The van der Waals surface area contributed by atoms with E-state index >= 15 is 0 Å². The highest BCUT2D eigenvalue weighted by atomic mass is 79.9. The minimum Gasteiger partial charge on any atom is -0.462 e. The van der Waals surface area contributed by atoms with Crippen LogP contribution in [0.4, 0.5) is 11.4 Å². The van der Waals surface area contributed by atoms with Gasteiger partial charge in [0.2, 0.25) is 5.91 Å². The second-order valence-corrected chi connectivity index (χ2v) is 6.07. The molecule has 0 saturated heterocycles. The van der Waals surface area contributed by atoms with E-state index in [1.807, 2.05) is 25.1 Å². The maximum Gasteiger partial charge on any atom is 0.338 e. The normalized spacial score (nSPS) is 10.1. The van der Waals surface area contributed by atoms with Crippen molar-refractivity contribution in [2.45, 2.75) is 13.8 Å². The quantitative estimate of drug-likeness (QED) is 0.731. The summed E-state index contributed by atoms with van der Waals surface area (Å²) in [6, 6.07) is 12.4. The number of esters is 1. The molecule has 0 atom stereocenters. The van der Waals surface area contributed by atoms with Gasteiger partial charge in [-0.2, -0.15) is 0 Å². The number of anilines is 2. The number of hydrogen-bond acceptors (Lipinski definition) is 4. The average molecular weight is 391 g/mol. The molecule has 0 saturated carbocycles. The molecule has 0 bridgehead atoms. The van der Waals surface area contributed by atoms with Gasteiger partial charge in [-0.3, -0.25) is 4.79 Å². The third kappa shape index (κ3) is 5.09. The molecule has 2 rings (SSSR count). The van der Waals surface area contributed by atoms with Crippen molar-refractivity contribution in [1.29, 1.82) is 0 Å². The second-order valence-electron chi connectivity index (χ2n) is 5.16. The van der Waals surface area contributed by atoms with Gasteiger partial charge in [0.25, 0.3) is 0 Å². The number of nitrogens with one attached hydrogen (secondary N) is 2. The van der Waals surface area contributed by atoms with Crippen molar-refractivity contribution in [2.75, 3.05) is 23.8 Å². The Bertz CT molecular complexity index is 730. The minimum atomic E-state index is -0.372. The van der Waals surface area contributed by atoms with Crippen molar-refractivity contribution in [3.8, 4) is 0 Å². The summed E-state index contributed by atoms with van der Waals surface area (Å²) < 4.78 is 5.91. The van der Waals surface area contributed by atoms with Crippen molar-refractivity contribution in [1.82, 2.24) is 0 Å². The van der Waals surface area contributed by atoms with Crippen LogP contribution in [0.3, 0.4) is 0 Å². The van der Waals surface area contributed by atoms with Crippen LogP contribution in [0.25, 0.3) is 0 Å². The topological polar surface area (TPSA) is 67.4 Å². The molecule has 0 aliphatic carbocycles. The van der Waals surface area contributed by atoms with Crippen molar-refractivity contribution in [3.63, 3.8) is 0 Å². The summed E-state index contributed by atoms with van der Waals surface area (Å²) in [5.41, 5.74) is 3.04. The summed E-state index contributed by atoms with van der Waals surface area (Å²) in [5.74, 6) is -0.538. The number of hydrogen-bond donors (Lipinski definition) is 2. The Labute approximate surface area is 149 Å². The fourth-order valence-corrected chi connectivity index (χ4v) is 2.59. The van der Waals surface area contributed by atoms with Crippen LogP contribution in [0.5, 0.6) is 0 Å². The molecule has 0 spiro atoms. The van der Waals surface area contributed by atoms with Crippen LogP contribution in [-0.4, -0.2) is 25.0 Å². The number of halogens is 1. The summed E-state index contributed by atoms with van der Waals surface area (Å²) in [5, 5.41) is 5.88. The number of carbonyl (C=O) groups excluding carboxylic acids is 2. The molecule has 0 fully saturated rings. The molecule has 0 aliphatic heterocycles. The van der Waals surface area contributed by atoms with Crippen LogP contribution in [-0.2, 0) is 9.53 Å². The number of carbonyl (C=O) groups is 2. The third-order valence-electron chi connectivity index (χ3n) is 3.31. The molecule has 6 heteroatoms. The van der Waals surface area contributed by atoms with Gasteiger partial charge in [0, 0.05) is 15.8 Å². The molecule has 0 aliphatic rings. The van der Waals surface area contributed by atoms with E-state index in [9.17, 15) is 9.59 Å². The highest BCUT2D eigenvalue weighted by Crippen LogP contribution is 2.19. The number of rotatable bonds is 6. The number of benzene rings is 2. The zero-order valence-corrected chi connectivity index (χ0v) is 15.1. The van der Waals surface area contributed by atoms with Gasteiger partial charge in [0.15, 0.2) is 0 Å². The van der Waals surface area contributed by atoms with Gasteiger partial charge in [-0.1, -0.05) is 15.9 Å². The third-order valence-corrected chi connectivity index (χ3v) is 3.80. The first-order valence-electron chi connectivity index (χ1n) is 7.56. The van der Waals surface area contributed by atoms with E-state index < -0.39 is 0 Å². The van der Waals surface area contributed by atoms with Crippen LogP contribution in [0, 0.1) is 6.92 Å². The van der Waals surface area contributed by atoms with E-state index in [-0.39, 0.29) is 18.4 Å². The lowest BCUT2D eigenvalue weighted by molar-refractivity contribution is -0.114. The smallest absolute Gasteiger partial charge is 0.338 e. The van der Waals surface area contributed by atoms with E-state index in [4.69, 9.17) is 4.74 Å². The molecule has 5 nitrogen and oxygen atoms in total. The predicted molar refractivity (Wildman–Crippen MR) is 98.4 cm³/mol. The van der Waals surface area contributed by atoms with Crippen LogP contribution in [0.2, 0.25) is 0 Å². The molecule has 2 aromatic carbocycles. The number of amides is 1. The molecule has 1 amide bonds. The van der Waals surface area contributed by atoms with Gasteiger partial charge in [-0.25, -0.2) is 4.79 Å². The summed E-state index contributed by atoms with van der Waals surface area (Å²) >= 11 is 3.41. The van der Waals surface area contributed by atoms with Gasteiger partial charge < -0.3 is 15.4 Å². The minimum absolute atomic E-state index is 0.155. The largest absolute Gasteiger partial charge is 0.462 e. The number of ether oxygens (including phenoxy) is 1. The molecule has 0 radical (unpaired) electrons. The Morgan fingerprint density at radius 1 is 1.12 bits per heavy atom. The Kier molecular flexibility index (Phi) is 6.37. The first kappa shape index (κ1) is 18.0. The highest BCUT2D eigenvalue weighted by molar-refractivity contribution is 9.10. The molecule has 0 aromatic heterocycles. The lowest BCUT2D eigenvalue weighted by atomic mass is 10.2. The summed E-state index contributed by atoms with van der Waals surface area (Å²) in [6.45, 7) is 4.21. The standard InChI is InChI=1S/C18H19BrN2O3/c1-3-24-18(23)13-4-7-15(8-5-13)21-17(22)11-20-16-9-6-14(19)10-12(16)2/h4-10,20H,3,11H2,1-2H3,(H,21,22). The molecule has 0 unspecified atom stereocenters. The van der Waals surface area contributed by atoms with E-state index in [0.717, 1.165) is 15.7 Å². The first-order valence-corrected chi connectivity index (χ1v) is 8.36. The Morgan fingerprint density at radius 2 is 1.83 bits per heavy atom. The van der Waals surface area contributed by atoms with Crippen LogP contribution >= 0.6 is 15.9 Å². The van der Waals surface area contributed by atoms with E-state index in [1.165, 1.54) is 0 Å². The predicted octanol–water partition coefficient (Wildman–Crippen LogP) is 3.98. The Morgan fingerprint density at radius 3 is 2.46 bits per heavy atom. The fourth-order valence-electron chi connectivity index (χ4n) is 2.11. The van der Waals surface area contributed by atoms with Gasteiger partial charge in [0.05, 0.1) is 18.7 Å². The lowest BCUT2D eigenvalue weighted by Crippen LogP contribution is -2.22. The molecular weight excluding hydrogens is 372 g/mol. The molecular formula is C18H19BrN2O3. The molecule has 2 aromatic rings. The average Bonchev–Trinajstić information content (AvgIpc) is 2.55. The second kappa shape index (κ2) is 8.49. The Balaban J connectivity index is 1.89. The van der Waals surface area contributed by atoms with Crippen molar-refractivity contribution < 1.29 is 14.3 Å². The zero-order valence-electron chi connectivity index (χ0n) is 13.6. The molecule has 2 N–H and O–H groups in total. The van der Waals surface area contributed by atoms with Gasteiger partial charge in [0.1, 0.15) is 0 Å². The SMILES string of the molecule is CCOC(=O)c1ccc(NC(=O)CNc2ccc(Br)cc2C)cc1. The lowest BCUT2D eigenvalue weighted by Gasteiger charge is -2.10. The van der Waals surface area contributed by atoms with Crippen LogP contribution < -0.4 is 10.6 Å². The van der Waals surface area contributed by atoms with E-state index in [0.29, 0.717) is 17.9 Å². The van der Waals surface area contributed by atoms with E-state index in [1.54, 1.807) is 31.2 Å². The van der Waals surface area contributed by atoms with Crippen molar-refractivity contribution in [3.05, 3.63) is 58.1 Å². The van der Waals surface area contributed by atoms with Crippen molar-refractivity contribution in [2.24, 2.45) is 0 Å². The van der Waals surface area contributed by atoms with Crippen molar-refractivity contribution >= 4 is 39.2 Å². The van der Waals surface area contributed by atoms with Crippen LogP contribution in [0.15, 0.2) is 46.9 Å². The molecule has 126 valence electrons. The zero-order chi connectivity index (χ0) is 17.5. The summed E-state index contributed by atoms with van der Waals surface area (Å²) in [4.78, 5) is 23.6. The highest BCUT2D eigenvalue weighted by Gasteiger charge is 2.07. The summed E-state index contributed by atoms with van der Waals surface area (Å²) in [6.07, 6.45) is 0. The summed E-state index contributed by atoms with van der Waals surface area (Å²) in [7, 11) is 0. The Hall–Kier alpha value is -2.34. The van der Waals surface area contributed by atoms with Gasteiger partial charge >= 0.3 is 5.97 Å². The van der Waals surface area contributed by atoms with Crippen LogP contribution in [0.1, 0.15) is 22.8 Å². The monoisotopic (exact) mass is 390 g/mol. The maximum atomic E-state index is 12.0. The maximum absolute atomic E-state index is 12.0. The van der Waals surface area contributed by atoms with E-state index in [2.05, 4.69) is 26.6 Å². The van der Waals surface area contributed by atoms with Gasteiger partial charge in [-0.05, 0) is 61.9 Å². The fraction of sp³-hybridized carbons (Fsp3) is 0.222.